The third kappa shape index (κ3) is 2.82. The molecule has 0 bridgehead atoms. The Labute approximate surface area is 114 Å². The molecule has 1 unspecified atom stereocenters. The molecule has 19 heavy (non-hydrogen) atoms. The summed E-state index contributed by atoms with van der Waals surface area (Å²) in [5.74, 6) is -1.89. The molecule has 0 saturated heterocycles. The summed E-state index contributed by atoms with van der Waals surface area (Å²) in [6.07, 6.45) is -0.360. The van der Waals surface area contributed by atoms with Crippen LogP contribution in [0.1, 0.15) is 18.2 Å². The van der Waals surface area contributed by atoms with Crippen molar-refractivity contribution in [3.05, 3.63) is 24.1 Å². The predicted octanol–water partition coefficient (Wildman–Crippen LogP) is 2.31. The van der Waals surface area contributed by atoms with Crippen LogP contribution in [0.3, 0.4) is 0 Å². The first-order chi connectivity index (χ1) is 9.01. The third-order valence-electron chi connectivity index (χ3n) is 2.67. The Kier molecular flexibility index (Phi) is 3.66. The highest BCUT2D eigenvalue weighted by atomic mass is 32.1. The van der Waals surface area contributed by atoms with E-state index in [1.807, 2.05) is 6.07 Å². The van der Waals surface area contributed by atoms with Gasteiger partial charge in [-0.2, -0.15) is 0 Å². The van der Waals surface area contributed by atoms with Crippen LogP contribution in [0.25, 0.3) is 11.1 Å². The van der Waals surface area contributed by atoms with Gasteiger partial charge in [0, 0.05) is 18.8 Å². The molecule has 1 aromatic carbocycles. The number of anilines is 1. The lowest BCUT2D eigenvalue weighted by atomic mass is 10.1. The molecule has 0 spiro atoms. The maximum atomic E-state index is 10.8. The average molecular weight is 280 g/mol. The van der Waals surface area contributed by atoms with E-state index >= 15 is 0 Å². The van der Waals surface area contributed by atoms with Crippen LogP contribution in [-0.2, 0) is 4.79 Å². The number of aliphatic hydroxyl groups excluding tert-OH is 1. The van der Waals surface area contributed by atoms with Crippen molar-refractivity contribution in [3.8, 4) is 0 Å². The molecule has 0 aliphatic heterocycles. The number of benzene rings is 1. The SMILES string of the molecule is CNc1ccc2nc(C(CC(=O)O)C(O)=S)oc2c1. The number of thiocarbonyl (C=S) groups is 1. The molecule has 100 valence electrons. The van der Waals surface area contributed by atoms with Crippen molar-refractivity contribution in [2.24, 2.45) is 0 Å². The molecule has 2 aromatic rings. The zero-order valence-corrected chi connectivity index (χ0v) is 10.9. The van der Waals surface area contributed by atoms with Gasteiger partial charge in [0.1, 0.15) is 11.4 Å². The van der Waals surface area contributed by atoms with Gasteiger partial charge >= 0.3 is 5.97 Å². The van der Waals surface area contributed by atoms with Crippen molar-refractivity contribution in [1.82, 2.24) is 4.98 Å². The second-order valence-electron chi connectivity index (χ2n) is 3.97. The van der Waals surface area contributed by atoms with E-state index in [4.69, 9.17) is 9.52 Å². The highest BCUT2D eigenvalue weighted by molar-refractivity contribution is 7.80. The van der Waals surface area contributed by atoms with Gasteiger partial charge in [0.05, 0.1) is 6.42 Å². The topological polar surface area (TPSA) is 95.6 Å². The summed E-state index contributed by atoms with van der Waals surface area (Å²) in [6, 6.07) is 5.30. The fourth-order valence-electron chi connectivity index (χ4n) is 1.70. The lowest BCUT2D eigenvalue weighted by Crippen LogP contribution is -2.14. The zero-order valence-electron chi connectivity index (χ0n) is 10.1. The molecule has 3 N–H and O–H groups in total. The van der Waals surface area contributed by atoms with Crippen LogP contribution < -0.4 is 5.32 Å². The normalized spacial score (nSPS) is 12.3. The maximum Gasteiger partial charge on any atom is 0.304 e. The number of carboxylic acids is 1. The number of aliphatic carboxylic acids is 1. The highest BCUT2D eigenvalue weighted by Gasteiger charge is 2.25. The van der Waals surface area contributed by atoms with Gasteiger partial charge in [-0.05, 0) is 24.4 Å². The standard InChI is InChI=1S/C12H12N2O4S/c1-13-6-2-3-8-9(4-6)18-11(14-8)7(12(17)19)5-10(15)16/h2-4,7,13H,5H2,1H3,(H,15,16)(H,17,19). The van der Waals surface area contributed by atoms with Crippen molar-refractivity contribution in [1.29, 1.82) is 0 Å². The van der Waals surface area contributed by atoms with Gasteiger partial charge in [0.2, 0.25) is 5.89 Å². The van der Waals surface area contributed by atoms with E-state index in [1.165, 1.54) is 0 Å². The first-order valence-corrected chi connectivity index (χ1v) is 5.95. The molecule has 1 aromatic heterocycles. The molecule has 7 heteroatoms. The van der Waals surface area contributed by atoms with Gasteiger partial charge in [0.25, 0.3) is 0 Å². The van der Waals surface area contributed by atoms with Gasteiger partial charge < -0.3 is 19.9 Å². The third-order valence-corrected chi connectivity index (χ3v) is 2.95. The minimum atomic E-state index is -1.08. The molecule has 0 radical (unpaired) electrons. The number of oxazole rings is 1. The van der Waals surface area contributed by atoms with E-state index in [2.05, 4.69) is 22.5 Å². The molecule has 1 heterocycles. The van der Waals surface area contributed by atoms with Crippen molar-refractivity contribution < 1.29 is 19.4 Å². The first-order valence-electron chi connectivity index (χ1n) is 5.54. The number of nitrogens with one attached hydrogen (secondary N) is 1. The number of hydrogen-bond donors (Lipinski definition) is 3. The number of rotatable bonds is 5. The van der Waals surface area contributed by atoms with Crippen LogP contribution in [0.5, 0.6) is 0 Å². The largest absolute Gasteiger partial charge is 0.501 e. The van der Waals surface area contributed by atoms with Gasteiger partial charge in [-0.25, -0.2) is 4.98 Å². The summed E-state index contributed by atoms with van der Waals surface area (Å²) < 4.78 is 5.47. The van der Waals surface area contributed by atoms with Crippen LogP contribution in [0, 0.1) is 0 Å². The molecule has 0 aliphatic rings. The van der Waals surface area contributed by atoms with Gasteiger partial charge in [-0.15, -0.1) is 0 Å². The van der Waals surface area contributed by atoms with Crippen molar-refractivity contribution in [2.45, 2.75) is 12.3 Å². The minimum absolute atomic E-state index is 0.109. The summed E-state index contributed by atoms with van der Waals surface area (Å²) in [4.78, 5) is 14.9. The number of fused-ring (bicyclic) bond motifs is 1. The highest BCUT2D eigenvalue weighted by Crippen LogP contribution is 2.26. The summed E-state index contributed by atoms with van der Waals surface area (Å²) >= 11 is 4.65. The number of carboxylic acid groups (broad SMARTS) is 1. The summed E-state index contributed by atoms with van der Waals surface area (Å²) in [6.45, 7) is 0. The van der Waals surface area contributed by atoms with Gasteiger partial charge in [-0.1, -0.05) is 0 Å². The number of aromatic nitrogens is 1. The lowest BCUT2D eigenvalue weighted by molar-refractivity contribution is -0.137. The molecule has 0 amide bonds. The summed E-state index contributed by atoms with van der Waals surface area (Å²) in [5, 5.41) is 20.7. The molecule has 0 aliphatic carbocycles. The minimum Gasteiger partial charge on any atom is -0.501 e. The Hall–Kier alpha value is -2.15. The van der Waals surface area contributed by atoms with Crippen molar-refractivity contribution in [2.75, 3.05) is 12.4 Å². The Bertz CT molecular complexity index is 638. The maximum absolute atomic E-state index is 10.8. The van der Waals surface area contributed by atoms with E-state index < -0.39 is 16.9 Å². The Morgan fingerprint density at radius 1 is 1.53 bits per heavy atom. The quantitative estimate of drug-likeness (QED) is 0.723. The Morgan fingerprint density at radius 2 is 2.26 bits per heavy atom. The van der Waals surface area contributed by atoms with E-state index in [-0.39, 0.29) is 12.3 Å². The number of aliphatic hydroxyl groups is 1. The lowest BCUT2D eigenvalue weighted by Gasteiger charge is -2.06. The van der Waals surface area contributed by atoms with E-state index in [0.717, 1.165) is 5.69 Å². The van der Waals surface area contributed by atoms with Crippen LogP contribution in [0.15, 0.2) is 22.6 Å². The van der Waals surface area contributed by atoms with E-state index in [1.54, 1.807) is 19.2 Å². The summed E-state index contributed by atoms with van der Waals surface area (Å²) in [5.41, 5.74) is 1.94. The molecule has 0 fully saturated rings. The van der Waals surface area contributed by atoms with Crippen LogP contribution in [0.4, 0.5) is 5.69 Å². The van der Waals surface area contributed by atoms with Crippen molar-refractivity contribution in [3.63, 3.8) is 0 Å². The molecule has 6 nitrogen and oxygen atoms in total. The summed E-state index contributed by atoms with van der Waals surface area (Å²) in [7, 11) is 1.77. The first kappa shape index (κ1) is 13.3. The van der Waals surface area contributed by atoms with E-state index in [9.17, 15) is 9.90 Å². The zero-order chi connectivity index (χ0) is 14.0. The van der Waals surface area contributed by atoms with Crippen LogP contribution in [0.2, 0.25) is 0 Å². The van der Waals surface area contributed by atoms with Crippen molar-refractivity contribution >= 4 is 40.0 Å². The predicted molar refractivity (Wildman–Crippen MR) is 73.8 cm³/mol. The average Bonchev–Trinajstić information content (AvgIpc) is 2.77. The molecular weight excluding hydrogens is 268 g/mol. The molecule has 1 atom stereocenters. The van der Waals surface area contributed by atoms with Gasteiger partial charge in [0.15, 0.2) is 10.6 Å². The second kappa shape index (κ2) is 5.23. The second-order valence-corrected chi connectivity index (χ2v) is 4.39. The van der Waals surface area contributed by atoms with Crippen LogP contribution in [-0.4, -0.2) is 33.3 Å². The fraction of sp³-hybridized carbons (Fsp3) is 0.250. The molecule has 2 rings (SSSR count). The smallest absolute Gasteiger partial charge is 0.304 e. The number of nitrogens with zero attached hydrogens (tertiary/aromatic N) is 1. The number of carbonyl (C=O) groups is 1. The van der Waals surface area contributed by atoms with Crippen LogP contribution >= 0.6 is 12.2 Å². The van der Waals surface area contributed by atoms with E-state index in [0.29, 0.717) is 11.1 Å². The van der Waals surface area contributed by atoms with Gasteiger partial charge in [-0.3, -0.25) is 4.79 Å². The Balaban J connectivity index is 2.42. The fourth-order valence-corrected chi connectivity index (χ4v) is 1.89. The number of hydrogen-bond acceptors (Lipinski definition) is 5. The molecule has 0 saturated carbocycles. The monoisotopic (exact) mass is 280 g/mol. The molecular formula is C12H12N2O4S. The Morgan fingerprint density at radius 3 is 2.84 bits per heavy atom.